The summed E-state index contributed by atoms with van der Waals surface area (Å²) in [5.74, 6) is 0.274. The summed E-state index contributed by atoms with van der Waals surface area (Å²) in [5.41, 5.74) is 4.32. The lowest BCUT2D eigenvalue weighted by molar-refractivity contribution is -0.117. The molecule has 1 N–H and O–H groups in total. The van der Waals surface area contributed by atoms with E-state index in [4.69, 9.17) is 5.26 Å². The Kier molecular flexibility index (Phi) is 7.55. The molecule has 5 nitrogen and oxygen atoms in total. The second-order valence-corrected chi connectivity index (χ2v) is 7.75. The smallest absolute Gasteiger partial charge is 0.226 e. The van der Waals surface area contributed by atoms with E-state index in [9.17, 15) is 9.59 Å². The zero-order valence-corrected chi connectivity index (χ0v) is 17.8. The Hall–Kier alpha value is -3.13. The van der Waals surface area contributed by atoms with Gasteiger partial charge in [0.05, 0.1) is 17.3 Å². The van der Waals surface area contributed by atoms with Crippen molar-refractivity contribution in [1.29, 1.82) is 5.26 Å². The summed E-state index contributed by atoms with van der Waals surface area (Å²) in [6, 6.07) is 14.9. The Morgan fingerprint density at radius 2 is 1.55 bits per heavy atom. The fourth-order valence-electron chi connectivity index (χ4n) is 3.32. The van der Waals surface area contributed by atoms with Crippen molar-refractivity contribution >= 4 is 23.2 Å². The SMILES string of the molecule is CC(=O)N(CCC(=O)Nc1ccc(C#N)cc1)c1c(C(C)C)cccc1C(C)C. The summed E-state index contributed by atoms with van der Waals surface area (Å²) in [7, 11) is 0. The van der Waals surface area contributed by atoms with Crippen LogP contribution in [-0.2, 0) is 9.59 Å². The van der Waals surface area contributed by atoms with Crippen LogP contribution < -0.4 is 10.2 Å². The molecule has 2 rings (SSSR count). The fourth-order valence-corrected chi connectivity index (χ4v) is 3.32. The van der Waals surface area contributed by atoms with E-state index in [-0.39, 0.29) is 30.1 Å². The van der Waals surface area contributed by atoms with Crippen LogP contribution in [0, 0.1) is 11.3 Å². The molecule has 2 aromatic carbocycles. The van der Waals surface area contributed by atoms with Crippen molar-refractivity contribution in [3.8, 4) is 6.07 Å². The molecule has 0 radical (unpaired) electrons. The predicted molar refractivity (Wildman–Crippen MR) is 117 cm³/mol. The molecule has 0 aliphatic heterocycles. The number of nitrogens with one attached hydrogen (secondary N) is 1. The van der Waals surface area contributed by atoms with Crippen LogP contribution in [0.15, 0.2) is 42.5 Å². The van der Waals surface area contributed by atoms with Gasteiger partial charge in [0.2, 0.25) is 11.8 Å². The van der Waals surface area contributed by atoms with Crippen molar-refractivity contribution in [3.05, 3.63) is 59.2 Å². The largest absolute Gasteiger partial charge is 0.326 e. The maximum atomic E-state index is 12.5. The number of benzene rings is 2. The number of carbonyl (C=O) groups excluding carboxylic acids is 2. The lowest BCUT2D eigenvalue weighted by Crippen LogP contribution is -2.34. The summed E-state index contributed by atoms with van der Waals surface area (Å²) in [6.45, 7) is 10.3. The summed E-state index contributed by atoms with van der Waals surface area (Å²) >= 11 is 0. The van der Waals surface area contributed by atoms with Gasteiger partial charge < -0.3 is 10.2 Å². The van der Waals surface area contributed by atoms with Gasteiger partial charge >= 0.3 is 0 Å². The molecule has 5 heteroatoms. The predicted octanol–water partition coefficient (Wildman–Crippen LogP) is 5.19. The van der Waals surface area contributed by atoms with E-state index in [1.165, 1.54) is 0 Å². The van der Waals surface area contributed by atoms with Gasteiger partial charge in [-0.15, -0.1) is 0 Å². The molecule has 0 aromatic heterocycles. The third-order valence-corrected chi connectivity index (χ3v) is 4.85. The Labute approximate surface area is 173 Å². The van der Waals surface area contributed by atoms with Gasteiger partial charge in [-0.1, -0.05) is 45.9 Å². The average molecular weight is 392 g/mol. The number of nitrogens with zero attached hydrogens (tertiary/aromatic N) is 2. The van der Waals surface area contributed by atoms with E-state index >= 15 is 0 Å². The van der Waals surface area contributed by atoms with Gasteiger partial charge in [0.1, 0.15) is 0 Å². The normalized spacial score (nSPS) is 10.7. The lowest BCUT2D eigenvalue weighted by atomic mass is 9.91. The number of anilines is 2. The Bertz CT molecular complexity index is 882. The van der Waals surface area contributed by atoms with E-state index in [0.29, 0.717) is 17.8 Å². The quantitative estimate of drug-likeness (QED) is 0.706. The van der Waals surface area contributed by atoms with Crippen LogP contribution in [0.2, 0.25) is 0 Å². The highest BCUT2D eigenvalue weighted by molar-refractivity contribution is 5.96. The third kappa shape index (κ3) is 5.68. The second kappa shape index (κ2) is 9.88. The van der Waals surface area contributed by atoms with Crippen LogP contribution in [0.5, 0.6) is 0 Å². The third-order valence-electron chi connectivity index (χ3n) is 4.85. The number of hydrogen-bond acceptors (Lipinski definition) is 3. The lowest BCUT2D eigenvalue weighted by Gasteiger charge is -2.29. The Balaban J connectivity index is 2.21. The van der Waals surface area contributed by atoms with Crippen molar-refractivity contribution in [2.24, 2.45) is 0 Å². The van der Waals surface area contributed by atoms with Crippen molar-refractivity contribution in [1.82, 2.24) is 0 Å². The molecule has 0 spiro atoms. The maximum Gasteiger partial charge on any atom is 0.226 e. The average Bonchev–Trinajstić information content (AvgIpc) is 2.68. The summed E-state index contributed by atoms with van der Waals surface area (Å²) < 4.78 is 0. The number of hydrogen-bond donors (Lipinski definition) is 1. The summed E-state index contributed by atoms with van der Waals surface area (Å²) in [6.07, 6.45) is 0.184. The number of para-hydroxylation sites is 1. The molecule has 2 aromatic rings. The highest BCUT2D eigenvalue weighted by Gasteiger charge is 2.22. The topological polar surface area (TPSA) is 73.2 Å². The zero-order chi connectivity index (χ0) is 21.6. The van der Waals surface area contributed by atoms with Crippen LogP contribution >= 0.6 is 0 Å². The van der Waals surface area contributed by atoms with Crippen LogP contribution in [0.4, 0.5) is 11.4 Å². The Morgan fingerprint density at radius 1 is 1.00 bits per heavy atom. The molecule has 0 fully saturated rings. The highest BCUT2D eigenvalue weighted by Crippen LogP contribution is 2.35. The van der Waals surface area contributed by atoms with Gasteiger partial charge in [-0.3, -0.25) is 9.59 Å². The van der Waals surface area contributed by atoms with Gasteiger partial charge in [-0.2, -0.15) is 5.26 Å². The summed E-state index contributed by atoms with van der Waals surface area (Å²) in [4.78, 5) is 26.7. The molecular weight excluding hydrogens is 362 g/mol. The molecule has 0 heterocycles. The van der Waals surface area contributed by atoms with Gasteiger partial charge in [0.25, 0.3) is 0 Å². The minimum atomic E-state index is -0.172. The molecule has 0 bridgehead atoms. The first-order valence-electron chi connectivity index (χ1n) is 9.95. The second-order valence-electron chi connectivity index (χ2n) is 7.75. The number of nitriles is 1. The zero-order valence-electron chi connectivity index (χ0n) is 17.8. The molecule has 0 atom stereocenters. The van der Waals surface area contributed by atoms with Gasteiger partial charge in [-0.05, 0) is 47.2 Å². The van der Waals surface area contributed by atoms with E-state index in [2.05, 4.69) is 45.1 Å². The van der Waals surface area contributed by atoms with Gasteiger partial charge in [0.15, 0.2) is 0 Å². The minimum absolute atomic E-state index is 0.0776. The van der Waals surface area contributed by atoms with Crippen LogP contribution in [0.25, 0.3) is 0 Å². The molecular formula is C24H29N3O2. The van der Waals surface area contributed by atoms with Crippen LogP contribution in [-0.4, -0.2) is 18.4 Å². The maximum absolute atomic E-state index is 12.5. The van der Waals surface area contributed by atoms with Gasteiger partial charge in [-0.25, -0.2) is 0 Å². The molecule has 2 amide bonds. The van der Waals surface area contributed by atoms with E-state index in [1.54, 1.807) is 36.1 Å². The molecule has 0 saturated carbocycles. The summed E-state index contributed by atoms with van der Waals surface area (Å²) in [5, 5.41) is 11.7. The first-order chi connectivity index (χ1) is 13.7. The monoisotopic (exact) mass is 391 g/mol. The van der Waals surface area contributed by atoms with E-state index < -0.39 is 0 Å². The standard InChI is InChI=1S/C24H29N3O2/c1-16(2)21-7-6-8-22(17(3)4)24(21)27(18(5)28)14-13-23(29)26-20-11-9-19(15-25)10-12-20/h6-12,16-17H,13-14H2,1-5H3,(H,26,29). The van der Waals surface area contributed by atoms with Crippen molar-refractivity contribution in [3.63, 3.8) is 0 Å². The first-order valence-corrected chi connectivity index (χ1v) is 9.95. The molecule has 0 unspecified atom stereocenters. The number of amides is 2. The van der Waals surface area contributed by atoms with E-state index in [0.717, 1.165) is 16.8 Å². The number of rotatable bonds is 7. The fraction of sp³-hybridized carbons (Fsp3) is 0.375. The van der Waals surface area contributed by atoms with Crippen LogP contribution in [0.1, 0.15) is 69.6 Å². The van der Waals surface area contributed by atoms with E-state index in [1.807, 2.05) is 12.1 Å². The molecule has 0 aliphatic rings. The molecule has 152 valence electrons. The highest BCUT2D eigenvalue weighted by atomic mass is 16.2. The van der Waals surface area contributed by atoms with Crippen molar-refractivity contribution in [2.75, 3.05) is 16.8 Å². The van der Waals surface area contributed by atoms with Crippen molar-refractivity contribution in [2.45, 2.75) is 52.9 Å². The van der Waals surface area contributed by atoms with Crippen LogP contribution in [0.3, 0.4) is 0 Å². The first kappa shape index (κ1) is 22.2. The van der Waals surface area contributed by atoms with Gasteiger partial charge in [0, 0.05) is 25.6 Å². The van der Waals surface area contributed by atoms with Crippen molar-refractivity contribution < 1.29 is 9.59 Å². The number of carbonyl (C=O) groups is 2. The molecule has 0 saturated heterocycles. The molecule has 29 heavy (non-hydrogen) atoms. The molecule has 0 aliphatic carbocycles. The Morgan fingerprint density at radius 3 is 2.00 bits per heavy atom. The minimum Gasteiger partial charge on any atom is -0.326 e.